The van der Waals surface area contributed by atoms with Crippen molar-refractivity contribution in [3.63, 3.8) is 0 Å². The molecule has 0 bridgehead atoms. The molecular formula is C13H14FN3O2S. The highest BCUT2D eigenvalue weighted by Crippen LogP contribution is 2.24. The zero-order valence-corrected chi connectivity index (χ0v) is 11.5. The van der Waals surface area contributed by atoms with Gasteiger partial charge in [-0.25, -0.2) is 22.8 Å². The Kier molecular flexibility index (Phi) is 3.29. The van der Waals surface area contributed by atoms with Gasteiger partial charge >= 0.3 is 0 Å². The fraction of sp³-hybridized carbons (Fsp3) is 0.385. The average Bonchev–Trinajstić information content (AvgIpc) is 2.76. The number of hydrogen-bond donors (Lipinski definition) is 1. The monoisotopic (exact) mass is 295 g/mol. The van der Waals surface area contributed by atoms with Crippen molar-refractivity contribution < 1.29 is 12.8 Å². The smallest absolute Gasteiger partial charge is 0.150 e. The van der Waals surface area contributed by atoms with Gasteiger partial charge in [-0.05, 0) is 24.5 Å². The molecule has 1 N–H and O–H groups in total. The second kappa shape index (κ2) is 4.97. The van der Waals surface area contributed by atoms with E-state index < -0.39 is 9.84 Å². The molecule has 0 saturated carbocycles. The number of nitrogens with one attached hydrogen (secondary N) is 1. The van der Waals surface area contributed by atoms with Gasteiger partial charge in [0, 0.05) is 6.54 Å². The highest BCUT2D eigenvalue weighted by Gasteiger charge is 2.27. The van der Waals surface area contributed by atoms with Crippen LogP contribution in [-0.2, 0) is 9.84 Å². The van der Waals surface area contributed by atoms with Gasteiger partial charge < -0.3 is 5.32 Å². The number of nitrogens with zero attached hydrogens (tertiary/aromatic N) is 2. The number of anilines is 1. The van der Waals surface area contributed by atoms with Crippen LogP contribution in [0, 0.1) is 11.7 Å². The molecule has 20 heavy (non-hydrogen) atoms. The van der Waals surface area contributed by atoms with Gasteiger partial charge in [-0.1, -0.05) is 6.07 Å². The third-order valence-corrected chi connectivity index (χ3v) is 5.33. The van der Waals surface area contributed by atoms with Crippen LogP contribution in [0.25, 0.3) is 10.9 Å². The van der Waals surface area contributed by atoms with E-state index in [0.29, 0.717) is 29.7 Å². The van der Waals surface area contributed by atoms with E-state index in [9.17, 15) is 12.8 Å². The van der Waals surface area contributed by atoms with Crippen LogP contribution in [0.15, 0.2) is 24.5 Å². The summed E-state index contributed by atoms with van der Waals surface area (Å²) in [7, 11) is -2.90. The second-order valence-corrected chi connectivity index (χ2v) is 7.23. The Morgan fingerprint density at radius 2 is 2.20 bits per heavy atom. The summed E-state index contributed by atoms with van der Waals surface area (Å²) in [4.78, 5) is 8.07. The first kappa shape index (κ1) is 13.2. The van der Waals surface area contributed by atoms with Gasteiger partial charge in [-0.2, -0.15) is 0 Å². The molecule has 0 spiro atoms. The molecule has 1 aliphatic rings. The van der Waals surface area contributed by atoms with Crippen molar-refractivity contribution in [3.8, 4) is 0 Å². The molecule has 0 aliphatic carbocycles. The predicted molar refractivity (Wildman–Crippen MR) is 74.7 cm³/mol. The van der Waals surface area contributed by atoms with Crippen molar-refractivity contribution >= 4 is 26.6 Å². The summed E-state index contributed by atoms with van der Waals surface area (Å²) in [6, 6.07) is 4.67. The molecule has 7 heteroatoms. The molecule has 2 aromatic rings. The van der Waals surface area contributed by atoms with Crippen LogP contribution in [0.5, 0.6) is 0 Å². The number of halogens is 1. The molecule has 1 aromatic heterocycles. The lowest BCUT2D eigenvalue weighted by atomic mass is 10.1. The maximum Gasteiger partial charge on any atom is 0.150 e. The molecule has 0 radical (unpaired) electrons. The van der Waals surface area contributed by atoms with Crippen molar-refractivity contribution in [1.29, 1.82) is 0 Å². The largest absolute Gasteiger partial charge is 0.369 e. The third kappa shape index (κ3) is 2.58. The minimum absolute atomic E-state index is 0.0526. The summed E-state index contributed by atoms with van der Waals surface area (Å²) in [5.41, 5.74) is 0.529. The zero-order chi connectivity index (χ0) is 14.2. The first-order chi connectivity index (χ1) is 9.55. The number of aromatic nitrogens is 2. The van der Waals surface area contributed by atoms with E-state index in [1.165, 1.54) is 12.4 Å². The Balaban J connectivity index is 1.82. The third-order valence-electron chi connectivity index (χ3n) is 3.50. The van der Waals surface area contributed by atoms with Crippen LogP contribution >= 0.6 is 0 Å². The van der Waals surface area contributed by atoms with E-state index in [0.717, 1.165) is 0 Å². The minimum Gasteiger partial charge on any atom is -0.369 e. The van der Waals surface area contributed by atoms with E-state index in [1.807, 2.05) is 0 Å². The van der Waals surface area contributed by atoms with Crippen molar-refractivity contribution in [2.45, 2.75) is 6.42 Å². The minimum atomic E-state index is -2.90. The Hall–Kier alpha value is -1.76. The maximum atomic E-state index is 13.9. The Morgan fingerprint density at radius 3 is 2.95 bits per heavy atom. The van der Waals surface area contributed by atoms with E-state index >= 15 is 0 Å². The standard InChI is InChI=1S/C13H14FN3O2S/c14-10-2-1-3-11-12(10)13(17-8-16-11)15-6-9-4-5-20(18,19)7-9/h1-3,8-9H,4-7H2,(H,15,16,17). The van der Waals surface area contributed by atoms with Gasteiger partial charge in [0.1, 0.15) is 18.0 Å². The molecule has 0 amide bonds. The van der Waals surface area contributed by atoms with Crippen molar-refractivity contribution in [3.05, 3.63) is 30.3 Å². The predicted octanol–water partition coefficient (Wildman–Crippen LogP) is 1.62. The summed E-state index contributed by atoms with van der Waals surface area (Å²) in [5, 5.41) is 3.40. The van der Waals surface area contributed by atoms with Crippen LogP contribution in [0.2, 0.25) is 0 Å². The Morgan fingerprint density at radius 1 is 1.35 bits per heavy atom. The molecule has 1 aromatic carbocycles. The summed E-state index contributed by atoms with van der Waals surface area (Å²) in [6.45, 7) is 0.472. The molecule has 3 rings (SSSR count). The first-order valence-electron chi connectivity index (χ1n) is 6.39. The molecule has 2 heterocycles. The lowest BCUT2D eigenvalue weighted by Crippen LogP contribution is -2.16. The SMILES string of the molecule is O=S1(=O)CCC(CNc2ncnc3cccc(F)c23)C1. The van der Waals surface area contributed by atoms with Gasteiger partial charge in [0.2, 0.25) is 0 Å². The summed E-state index contributed by atoms with van der Waals surface area (Å²) in [6.07, 6.45) is 2.01. The van der Waals surface area contributed by atoms with Gasteiger partial charge in [0.25, 0.3) is 0 Å². The lowest BCUT2D eigenvalue weighted by molar-refractivity contribution is 0.595. The fourth-order valence-electron chi connectivity index (χ4n) is 2.48. The van der Waals surface area contributed by atoms with Gasteiger partial charge in [0.15, 0.2) is 9.84 Å². The maximum absolute atomic E-state index is 13.9. The molecule has 106 valence electrons. The average molecular weight is 295 g/mol. The van der Waals surface area contributed by atoms with Crippen LogP contribution in [-0.4, -0.2) is 36.4 Å². The number of hydrogen-bond acceptors (Lipinski definition) is 5. The summed E-state index contributed by atoms with van der Waals surface area (Å²) >= 11 is 0. The molecule has 1 aliphatic heterocycles. The van der Waals surface area contributed by atoms with E-state index in [1.54, 1.807) is 12.1 Å². The molecule has 5 nitrogen and oxygen atoms in total. The van der Waals surface area contributed by atoms with Crippen LogP contribution in [0.1, 0.15) is 6.42 Å². The van der Waals surface area contributed by atoms with Crippen LogP contribution in [0.4, 0.5) is 10.2 Å². The molecular weight excluding hydrogens is 281 g/mol. The normalized spacial score (nSPS) is 21.1. The number of fused-ring (bicyclic) bond motifs is 1. The van der Waals surface area contributed by atoms with Gasteiger partial charge in [0.05, 0.1) is 22.4 Å². The number of sulfone groups is 1. The van der Waals surface area contributed by atoms with Crippen molar-refractivity contribution in [2.24, 2.45) is 5.92 Å². The highest BCUT2D eigenvalue weighted by atomic mass is 32.2. The van der Waals surface area contributed by atoms with Crippen molar-refractivity contribution in [2.75, 3.05) is 23.4 Å². The highest BCUT2D eigenvalue weighted by molar-refractivity contribution is 7.91. The first-order valence-corrected chi connectivity index (χ1v) is 8.21. The zero-order valence-electron chi connectivity index (χ0n) is 10.7. The fourth-order valence-corrected chi connectivity index (χ4v) is 4.34. The molecule has 1 fully saturated rings. The molecule has 1 unspecified atom stereocenters. The summed E-state index contributed by atoms with van der Waals surface area (Å²) < 4.78 is 36.7. The lowest BCUT2D eigenvalue weighted by Gasteiger charge is -2.12. The van der Waals surface area contributed by atoms with E-state index in [4.69, 9.17) is 0 Å². The number of benzene rings is 1. The van der Waals surface area contributed by atoms with E-state index in [-0.39, 0.29) is 23.2 Å². The molecule has 1 saturated heterocycles. The van der Waals surface area contributed by atoms with E-state index in [2.05, 4.69) is 15.3 Å². The second-order valence-electron chi connectivity index (χ2n) is 5.01. The van der Waals surface area contributed by atoms with Gasteiger partial charge in [-0.3, -0.25) is 0 Å². The Labute approximate surface area is 116 Å². The summed E-state index contributed by atoms with van der Waals surface area (Å²) in [5.74, 6) is 0.503. The van der Waals surface area contributed by atoms with Crippen LogP contribution in [0.3, 0.4) is 0 Å². The molecule has 1 atom stereocenters. The van der Waals surface area contributed by atoms with Crippen molar-refractivity contribution in [1.82, 2.24) is 9.97 Å². The topological polar surface area (TPSA) is 72.0 Å². The quantitative estimate of drug-likeness (QED) is 0.931. The van der Waals surface area contributed by atoms with Gasteiger partial charge in [-0.15, -0.1) is 0 Å². The van der Waals surface area contributed by atoms with Crippen LogP contribution < -0.4 is 5.32 Å². The Bertz CT molecular complexity index is 743. The number of rotatable bonds is 3.